The smallest absolute Gasteiger partial charge is 0.266 e. The molecular formula is C8H21NO3S. The van der Waals surface area contributed by atoms with E-state index >= 15 is 0 Å². The minimum absolute atomic E-state index is 0. The van der Waals surface area contributed by atoms with Gasteiger partial charge in [-0.1, -0.05) is 27.2 Å². The van der Waals surface area contributed by atoms with E-state index in [1.54, 1.807) is 0 Å². The summed E-state index contributed by atoms with van der Waals surface area (Å²) in [6.07, 6.45) is 3.36. The van der Waals surface area contributed by atoms with Crippen molar-refractivity contribution >= 4 is 10.1 Å². The maximum absolute atomic E-state index is 10.2. The Bertz CT molecular complexity index is 190. The lowest BCUT2D eigenvalue weighted by molar-refractivity contribution is 0.480. The molecule has 0 unspecified atom stereocenters. The first-order valence-electron chi connectivity index (χ1n) is 4.22. The van der Waals surface area contributed by atoms with Gasteiger partial charge in [0.05, 0.1) is 5.75 Å². The summed E-state index contributed by atoms with van der Waals surface area (Å²) in [6.45, 7) is 3.27. The average Bonchev–Trinajstić information content (AvgIpc) is 1.94. The second kappa shape index (κ2) is 8.47. The summed E-state index contributed by atoms with van der Waals surface area (Å²) >= 11 is 0. The zero-order valence-corrected chi connectivity index (χ0v) is 8.23. The molecule has 5 heteroatoms. The van der Waals surface area contributed by atoms with Crippen molar-refractivity contribution in [3.8, 4) is 0 Å². The van der Waals surface area contributed by atoms with Crippen LogP contribution in [0.15, 0.2) is 0 Å². The molecule has 0 spiro atoms. The van der Waals surface area contributed by atoms with E-state index in [1.165, 1.54) is 0 Å². The van der Waals surface area contributed by atoms with Crippen LogP contribution in [0.1, 0.15) is 33.6 Å². The van der Waals surface area contributed by atoms with Gasteiger partial charge in [-0.05, 0) is 13.0 Å². The largest absolute Gasteiger partial charge is 0.316 e. The Morgan fingerprint density at radius 2 is 1.85 bits per heavy atom. The monoisotopic (exact) mass is 211 g/mol. The molecule has 0 aliphatic heterocycles. The Balaban J connectivity index is 0. The molecule has 0 aromatic carbocycles. The Morgan fingerprint density at radius 1 is 1.23 bits per heavy atom. The molecule has 0 amide bonds. The third-order valence-electron chi connectivity index (χ3n) is 1.49. The minimum atomic E-state index is -3.78. The second-order valence-corrected chi connectivity index (χ2v) is 4.32. The number of rotatable bonds is 7. The molecule has 0 radical (unpaired) electrons. The summed E-state index contributed by atoms with van der Waals surface area (Å²) < 4.78 is 28.8. The van der Waals surface area contributed by atoms with Gasteiger partial charge in [-0.3, -0.25) is 4.55 Å². The van der Waals surface area contributed by atoms with Gasteiger partial charge in [0.25, 0.3) is 10.1 Å². The maximum atomic E-state index is 10.2. The molecule has 0 atom stereocenters. The predicted octanol–water partition coefficient (Wildman–Crippen LogP) is 1.29. The van der Waals surface area contributed by atoms with Crippen LogP contribution < -0.4 is 5.32 Å². The van der Waals surface area contributed by atoms with Crippen molar-refractivity contribution in [3.05, 3.63) is 0 Å². The third kappa shape index (κ3) is 14.7. The molecule has 0 rings (SSSR count). The fourth-order valence-electron chi connectivity index (χ4n) is 0.826. The summed E-state index contributed by atoms with van der Waals surface area (Å²) in [5.41, 5.74) is 0. The predicted molar refractivity (Wildman–Crippen MR) is 55.5 cm³/mol. The van der Waals surface area contributed by atoms with Gasteiger partial charge >= 0.3 is 0 Å². The highest BCUT2D eigenvalue weighted by Crippen LogP contribution is 1.90. The first-order valence-corrected chi connectivity index (χ1v) is 5.83. The molecule has 0 aliphatic rings. The molecule has 0 bridgehead atoms. The molecule has 4 nitrogen and oxygen atoms in total. The summed E-state index contributed by atoms with van der Waals surface area (Å²) in [4.78, 5) is 0. The van der Waals surface area contributed by atoms with E-state index in [9.17, 15) is 8.42 Å². The van der Waals surface area contributed by atoms with Crippen LogP contribution in [-0.4, -0.2) is 31.8 Å². The molecule has 0 aliphatic carbocycles. The number of hydrogen-bond acceptors (Lipinski definition) is 3. The van der Waals surface area contributed by atoms with E-state index in [0.717, 1.165) is 25.8 Å². The van der Waals surface area contributed by atoms with E-state index in [-0.39, 0.29) is 13.2 Å². The van der Waals surface area contributed by atoms with Gasteiger partial charge in [0.2, 0.25) is 0 Å². The van der Waals surface area contributed by atoms with Crippen LogP contribution in [0, 0.1) is 0 Å². The van der Waals surface area contributed by atoms with Gasteiger partial charge in [-0.25, -0.2) is 0 Å². The average molecular weight is 211 g/mol. The van der Waals surface area contributed by atoms with Crippen molar-refractivity contribution in [2.75, 3.05) is 18.8 Å². The highest BCUT2D eigenvalue weighted by Gasteiger charge is 2.01. The molecule has 13 heavy (non-hydrogen) atoms. The highest BCUT2D eigenvalue weighted by molar-refractivity contribution is 7.85. The van der Waals surface area contributed by atoms with E-state index < -0.39 is 10.1 Å². The SMILES string of the molecule is C.CCCCCNCCS(=O)(=O)O. The van der Waals surface area contributed by atoms with Gasteiger partial charge in [0.1, 0.15) is 0 Å². The number of unbranched alkanes of at least 4 members (excludes halogenated alkanes) is 2. The standard InChI is InChI=1S/C7H17NO3S.CH4/c1-2-3-4-5-8-6-7-12(9,10)11;/h8H,2-7H2,1H3,(H,9,10,11);1H4. The molecule has 0 saturated heterocycles. The van der Waals surface area contributed by atoms with Crippen molar-refractivity contribution in [1.29, 1.82) is 0 Å². The maximum Gasteiger partial charge on any atom is 0.266 e. The van der Waals surface area contributed by atoms with E-state index in [2.05, 4.69) is 12.2 Å². The first-order chi connectivity index (χ1) is 5.56. The zero-order chi connectivity index (χ0) is 9.45. The molecule has 0 aromatic rings. The summed E-state index contributed by atoms with van der Waals surface area (Å²) in [5.74, 6) is -0.195. The van der Waals surface area contributed by atoms with Crippen molar-refractivity contribution in [2.45, 2.75) is 33.6 Å². The van der Waals surface area contributed by atoms with Crippen LogP contribution in [0.3, 0.4) is 0 Å². The van der Waals surface area contributed by atoms with Crippen LogP contribution >= 0.6 is 0 Å². The summed E-state index contributed by atoms with van der Waals surface area (Å²) in [6, 6.07) is 0. The van der Waals surface area contributed by atoms with E-state index in [4.69, 9.17) is 4.55 Å². The van der Waals surface area contributed by atoms with Gasteiger partial charge in [-0.2, -0.15) is 8.42 Å². The Morgan fingerprint density at radius 3 is 2.31 bits per heavy atom. The van der Waals surface area contributed by atoms with E-state index in [0.29, 0.717) is 6.54 Å². The van der Waals surface area contributed by atoms with Crippen LogP contribution in [0.4, 0.5) is 0 Å². The minimum Gasteiger partial charge on any atom is -0.316 e. The second-order valence-electron chi connectivity index (χ2n) is 2.74. The van der Waals surface area contributed by atoms with Gasteiger partial charge in [0, 0.05) is 6.54 Å². The number of hydrogen-bond donors (Lipinski definition) is 2. The van der Waals surface area contributed by atoms with E-state index in [1.807, 2.05) is 0 Å². The van der Waals surface area contributed by atoms with Crippen LogP contribution in [0.2, 0.25) is 0 Å². The van der Waals surface area contributed by atoms with Gasteiger partial charge in [0.15, 0.2) is 0 Å². The Labute approximate surface area is 81.5 Å². The van der Waals surface area contributed by atoms with Crippen molar-refractivity contribution in [2.24, 2.45) is 0 Å². The van der Waals surface area contributed by atoms with Crippen molar-refractivity contribution in [3.63, 3.8) is 0 Å². The zero-order valence-electron chi connectivity index (χ0n) is 7.41. The van der Waals surface area contributed by atoms with Gasteiger partial charge < -0.3 is 5.32 Å². The molecule has 0 saturated carbocycles. The van der Waals surface area contributed by atoms with Crippen molar-refractivity contribution in [1.82, 2.24) is 5.32 Å². The van der Waals surface area contributed by atoms with Crippen LogP contribution in [0.5, 0.6) is 0 Å². The highest BCUT2D eigenvalue weighted by atomic mass is 32.2. The lowest BCUT2D eigenvalue weighted by Crippen LogP contribution is -2.23. The molecule has 0 aromatic heterocycles. The quantitative estimate of drug-likeness (QED) is 0.492. The topological polar surface area (TPSA) is 66.4 Å². The first kappa shape index (κ1) is 15.3. The Kier molecular flexibility index (Phi) is 10.00. The van der Waals surface area contributed by atoms with Crippen LogP contribution in [0.25, 0.3) is 0 Å². The Hall–Kier alpha value is -0.130. The third-order valence-corrected chi connectivity index (χ3v) is 2.21. The van der Waals surface area contributed by atoms with Gasteiger partial charge in [-0.15, -0.1) is 0 Å². The molecule has 0 fully saturated rings. The summed E-state index contributed by atoms with van der Waals surface area (Å²) in [7, 11) is -3.78. The fourth-order valence-corrected chi connectivity index (χ4v) is 1.23. The van der Waals surface area contributed by atoms with Crippen molar-refractivity contribution < 1.29 is 13.0 Å². The molecule has 0 heterocycles. The molecular weight excluding hydrogens is 190 g/mol. The fraction of sp³-hybridized carbons (Fsp3) is 1.00. The number of nitrogens with one attached hydrogen (secondary N) is 1. The normalized spacial score (nSPS) is 10.9. The lowest BCUT2D eigenvalue weighted by atomic mass is 10.2. The molecule has 2 N–H and O–H groups in total. The lowest BCUT2D eigenvalue weighted by Gasteiger charge is -2.01. The summed E-state index contributed by atoms with van der Waals surface area (Å²) in [5, 5.41) is 2.94. The van der Waals surface area contributed by atoms with Crippen LogP contribution in [-0.2, 0) is 10.1 Å². The molecule has 82 valence electrons.